The fourth-order valence-corrected chi connectivity index (χ4v) is 3.32. The Balaban J connectivity index is 1.81. The molecule has 156 valence electrons. The Labute approximate surface area is 163 Å². The maximum atomic E-state index is 15.3. The van der Waals surface area contributed by atoms with E-state index in [9.17, 15) is 4.39 Å². The predicted molar refractivity (Wildman–Crippen MR) is 100 cm³/mol. The van der Waals surface area contributed by atoms with E-state index < -0.39 is 30.6 Å². The van der Waals surface area contributed by atoms with Gasteiger partial charge in [0.2, 0.25) is 0 Å². The highest BCUT2D eigenvalue weighted by Gasteiger charge is 2.47. The van der Waals surface area contributed by atoms with Crippen LogP contribution in [0.3, 0.4) is 0 Å². The van der Waals surface area contributed by atoms with E-state index in [1.807, 2.05) is 6.92 Å². The summed E-state index contributed by atoms with van der Waals surface area (Å²) in [6.45, 7) is 5.39. The van der Waals surface area contributed by atoms with E-state index >= 15 is 4.39 Å². The molecule has 7 nitrogen and oxygen atoms in total. The number of halogens is 2. The van der Waals surface area contributed by atoms with E-state index in [4.69, 9.17) is 19.9 Å². The molecule has 1 saturated heterocycles. The maximum absolute atomic E-state index is 15.3. The van der Waals surface area contributed by atoms with Gasteiger partial charge in [0.25, 0.3) is 0 Å². The minimum absolute atomic E-state index is 0.0117. The highest BCUT2D eigenvalue weighted by Crippen LogP contribution is 2.38. The van der Waals surface area contributed by atoms with Crippen molar-refractivity contribution in [1.29, 1.82) is 0 Å². The molecular formula is C19H28F2N4O3. The first-order valence-electron chi connectivity index (χ1n) is 9.86. The molecule has 0 bridgehead atoms. The van der Waals surface area contributed by atoms with Crippen LogP contribution < -0.4 is 5.73 Å². The number of fused-ring (bicyclic) bond motifs is 1. The van der Waals surface area contributed by atoms with E-state index in [0.717, 1.165) is 25.7 Å². The number of hydrogen-bond donors (Lipinski definition) is 1. The first-order chi connectivity index (χ1) is 13.6. The number of nitrogens with zero attached hydrogens (tertiary/aromatic N) is 3. The molecule has 0 saturated carbocycles. The van der Waals surface area contributed by atoms with E-state index in [0.29, 0.717) is 24.4 Å². The van der Waals surface area contributed by atoms with Crippen molar-refractivity contribution in [1.82, 2.24) is 14.6 Å². The summed E-state index contributed by atoms with van der Waals surface area (Å²) in [7, 11) is 0. The number of nitrogens with two attached hydrogens (primary N) is 1. The molecule has 2 aromatic heterocycles. The maximum Gasteiger partial charge on any atom is 0.327 e. The molecule has 1 aliphatic rings. The molecule has 0 amide bonds. The van der Waals surface area contributed by atoms with Gasteiger partial charge in [-0.15, -0.1) is 5.10 Å². The van der Waals surface area contributed by atoms with Gasteiger partial charge >= 0.3 is 6.08 Å². The SMILES string of the molecule is CCCCOC[C@H]1O[C@@H](c2ccc3c(N)nc(F)nn23)[C@H](F)[C@@H]1OCCCC. The molecule has 0 spiro atoms. The topological polar surface area (TPSA) is 83.9 Å². The summed E-state index contributed by atoms with van der Waals surface area (Å²) in [4.78, 5) is 3.50. The lowest BCUT2D eigenvalue weighted by atomic mass is 10.1. The van der Waals surface area contributed by atoms with Gasteiger partial charge in [-0.25, -0.2) is 8.91 Å². The van der Waals surface area contributed by atoms with Crippen molar-refractivity contribution in [2.75, 3.05) is 25.6 Å². The zero-order valence-corrected chi connectivity index (χ0v) is 16.3. The van der Waals surface area contributed by atoms with Gasteiger partial charge < -0.3 is 19.9 Å². The zero-order chi connectivity index (χ0) is 20.1. The van der Waals surface area contributed by atoms with Crippen LogP contribution in [0.15, 0.2) is 12.1 Å². The normalized spacial score (nSPS) is 25.0. The Morgan fingerprint density at radius 3 is 2.71 bits per heavy atom. The third kappa shape index (κ3) is 4.42. The van der Waals surface area contributed by atoms with Crippen molar-refractivity contribution >= 4 is 11.3 Å². The number of rotatable bonds is 10. The lowest BCUT2D eigenvalue weighted by Crippen LogP contribution is -2.34. The average Bonchev–Trinajstić information content (AvgIpc) is 3.21. The second-order valence-electron chi connectivity index (χ2n) is 6.98. The summed E-state index contributed by atoms with van der Waals surface area (Å²) in [6.07, 6.45) is -0.960. The molecule has 1 aliphatic heterocycles. The monoisotopic (exact) mass is 398 g/mol. The highest BCUT2D eigenvalue weighted by atomic mass is 19.1. The van der Waals surface area contributed by atoms with Crippen molar-refractivity contribution in [2.45, 2.75) is 64.0 Å². The Kier molecular flexibility index (Phi) is 7.14. The zero-order valence-electron chi connectivity index (χ0n) is 16.3. The van der Waals surface area contributed by atoms with Crippen molar-refractivity contribution in [2.24, 2.45) is 0 Å². The van der Waals surface area contributed by atoms with Gasteiger partial charge in [0, 0.05) is 13.2 Å². The van der Waals surface area contributed by atoms with Crippen LogP contribution >= 0.6 is 0 Å². The Morgan fingerprint density at radius 1 is 1.21 bits per heavy atom. The fourth-order valence-electron chi connectivity index (χ4n) is 3.32. The molecule has 3 rings (SSSR count). The third-order valence-corrected chi connectivity index (χ3v) is 4.86. The molecule has 0 aliphatic carbocycles. The number of nitrogen functional groups attached to an aromatic ring is 1. The van der Waals surface area contributed by atoms with Crippen LogP contribution in [0.1, 0.15) is 51.3 Å². The number of unbranched alkanes of at least 4 members (excludes halogenated alkanes) is 2. The Morgan fingerprint density at radius 2 is 1.96 bits per heavy atom. The molecule has 0 aromatic carbocycles. The molecule has 28 heavy (non-hydrogen) atoms. The van der Waals surface area contributed by atoms with Crippen LogP contribution in [0, 0.1) is 6.08 Å². The molecule has 2 N–H and O–H groups in total. The van der Waals surface area contributed by atoms with Gasteiger partial charge in [-0.3, -0.25) is 0 Å². The van der Waals surface area contributed by atoms with Gasteiger partial charge in [0.15, 0.2) is 12.0 Å². The van der Waals surface area contributed by atoms with Gasteiger partial charge in [-0.1, -0.05) is 26.7 Å². The summed E-state index contributed by atoms with van der Waals surface area (Å²) >= 11 is 0. The summed E-state index contributed by atoms with van der Waals surface area (Å²) in [5.41, 5.74) is 6.51. The van der Waals surface area contributed by atoms with Gasteiger partial charge in [-0.05, 0) is 25.0 Å². The average molecular weight is 398 g/mol. The van der Waals surface area contributed by atoms with Crippen LogP contribution in [0.25, 0.3) is 5.52 Å². The quantitative estimate of drug-likeness (QED) is 0.619. The minimum Gasteiger partial charge on any atom is -0.382 e. The number of anilines is 1. The van der Waals surface area contributed by atoms with Gasteiger partial charge in [0.1, 0.15) is 23.8 Å². The number of hydrogen-bond acceptors (Lipinski definition) is 6. The first kappa shape index (κ1) is 20.9. The molecule has 0 unspecified atom stereocenters. The van der Waals surface area contributed by atoms with Crippen LogP contribution in [0.2, 0.25) is 0 Å². The standard InChI is InChI=1S/C19H28F2N4O3/c1-3-5-9-26-11-14-17(27-10-6-4-2)15(20)16(28-14)12-7-8-13-18(22)23-19(21)24-25(12)13/h7-8,14-17H,3-6,9-11H2,1-2H3,(H2,22,23,24)/t14-,15+,16+,17-/m1/s1. The fraction of sp³-hybridized carbons (Fsp3) is 0.684. The van der Waals surface area contributed by atoms with E-state index in [2.05, 4.69) is 17.0 Å². The molecule has 0 radical (unpaired) electrons. The van der Waals surface area contributed by atoms with Crippen molar-refractivity contribution in [3.05, 3.63) is 23.9 Å². The second-order valence-corrected chi connectivity index (χ2v) is 6.98. The molecule has 1 fully saturated rings. The Bertz CT molecular complexity index is 773. The summed E-state index contributed by atoms with van der Waals surface area (Å²) in [5, 5.41) is 3.73. The molecule has 9 heteroatoms. The highest BCUT2D eigenvalue weighted by molar-refractivity contribution is 5.65. The number of ether oxygens (including phenoxy) is 3. The third-order valence-electron chi connectivity index (χ3n) is 4.86. The molecule has 2 aromatic rings. The van der Waals surface area contributed by atoms with Crippen molar-refractivity contribution < 1.29 is 23.0 Å². The lowest BCUT2D eigenvalue weighted by molar-refractivity contribution is -0.0673. The van der Waals surface area contributed by atoms with E-state index in [1.54, 1.807) is 12.1 Å². The first-order valence-corrected chi connectivity index (χ1v) is 9.86. The van der Waals surface area contributed by atoms with Gasteiger partial charge in [0.05, 0.1) is 12.3 Å². The summed E-state index contributed by atoms with van der Waals surface area (Å²) in [6, 6.07) is 3.25. The summed E-state index contributed by atoms with van der Waals surface area (Å²) in [5.74, 6) is -0.0117. The molecule has 3 heterocycles. The Hall–Kier alpha value is -1.84. The predicted octanol–water partition coefficient (Wildman–Crippen LogP) is 3.23. The number of alkyl halides is 1. The minimum atomic E-state index is -1.44. The van der Waals surface area contributed by atoms with Crippen LogP contribution in [0.4, 0.5) is 14.6 Å². The van der Waals surface area contributed by atoms with Crippen LogP contribution in [-0.2, 0) is 14.2 Å². The molecular weight excluding hydrogens is 370 g/mol. The molecule has 4 atom stereocenters. The van der Waals surface area contributed by atoms with Crippen molar-refractivity contribution in [3.8, 4) is 0 Å². The number of aromatic nitrogens is 3. The summed E-state index contributed by atoms with van der Waals surface area (Å²) < 4.78 is 47.6. The van der Waals surface area contributed by atoms with E-state index in [-0.39, 0.29) is 12.4 Å². The van der Waals surface area contributed by atoms with Gasteiger partial charge in [-0.2, -0.15) is 9.37 Å². The largest absolute Gasteiger partial charge is 0.382 e. The van der Waals surface area contributed by atoms with Crippen LogP contribution in [0.5, 0.6) is 0 Å². The van der Waals surface area contributed by atoms with Crippen molar-refractivity contribution in [3.63, 3.8) is 0 Å². The second kappa shape index (κ2) is 9.58. The van der Waals surface area contributed by atoms with E-state index in [1.165, 1.54) is 4.52 Å². The smallest absolute Gasteiger partial charge is 0.327 e. The lowest BCUT2D eigenvalue weighted by Gasteiger charge is -2.20. The van der Waals surface area contributed by atoms with Crippen LogP contribution in [-0.4, -0.2) is 52.8 Å².